The smallest absolute Gasteiger partial charge is 0.231 e. The van der Waals surface area contributed by atoms with Crippen LogP contribution in [-0.4, -0.2) is 40.2 Å². The van der Waals surface area contributed by atoms with Crippen molar-refractivity contribution in [3.05, 3.63) is 52.8 Å². The topological polar surface area (TPSA) is 46.1 Å². The molecule has 1 aliphatic rings. The Balaban J connectivity index is 1.84. The second-order valence-electron chi connectivity index (χ2n) is 4.87. The highest BCUT2D eigenvalue weighted by Gasteiger charge is 2.18. The Labute approximate surface area is 121 Å². The van der Waals surface area contributed by atoms with Gasteiger partial charge in [0.25, 0.3) is 0 Å². The van der Waals surface area contributed by atoms with Crippen molar-refractivity contribution >= 4 is 22.9 Å². The van der Waals surface area contributed by atoms with E-state index in [1.165, 1.54) is 17.1 Å². The maximum Gasteiger partial charge on any atom is 0.231 e. The average molecular weight is 285 g/mol. The van der Waals surface area contributed by atoms with Gasteiger partial charge in [-0.05, 0) is 30.6 Å². The van der Waals surface area contributed by atoms with Crippen molar-refractivity contribution in [3.63, 3.8) is 0 Å². The zero-order valence-electron chi connectivity index (χ0n) is 11.2. The van der Waals surface area contributed by atoms with Crippen LogP contribution in [0.4, 0.5) is 0 Å². The molecule has 0 amide bonds. The van der Waals surface area contributed by atoms with Crippen LogP contribution in [0.5, 0.6) is 0 Å². The van der Waals surface area contributed by atoms with E-state index < -0.39 is 0 Å². The van der Waals surface area contributed by atoms with E-state index in [0.717, 1.165) is 24.5 Å². The molecule has 0 unspecified atom stereocenters. The first kappa shape index (κ1) is 13.1. The van der Waals surface area contributed by atoms with Crippen molar-refractivity contribution in [3.8, 4) is 0 Å². The number of hydrogen-bond donors (Lipinski definition) is 0. The summed E-state index contributed by atoms with van der Waals surface area (Å²) in [5.74, 6) is 0.184. The van der Waals surface area contributed by atoms with Crippen LogP contribution in [0.3, 0.4) is 0 Å². The summed E-state index contributed by atoms with van der Waals surface area (Å²) in [4.78, 5) is 18.9. The van der Waals surface area contributed by atoms with Gasteiger partial charge in [-0.2, -0.15) is 4.37 Å². The van der Waals surface area contributed by atoms with E-state index in [1.807, 2.05) is 18.2 Å². The lowest BCUT2D eigenvalue weighted by Crippen LogP contribution is -2.24. The van der Waals surface area contributed by atoms with Crippen LogP contribution in [0.2, 0.25) is 0 Å². The summed E-state index contributed by atoms with van der Waals surface area (Å²) in [6, 6.07) is 9.16. The summed E-state index contributed by atoms with van der Waals surface area (Å²) < 4.78 is 4.21. The SMILES string of the molecule is CN1CCC=C(c2nc(C(=O)c3ccccc3)ns2)C1. The van der Waals surface area contributed by atoms with Gasteiger partial charge in [-0.25, -0.2) is 4.98 Å². The largest absolute Gasteiger partial charge is 0.302 e. The van der Waals surface area contributed by atoms with Gasteiger partial charge >= 0.3 is 0 Å². The van der Waals surface area contributed by atoms with Crippen LogP contribution in [-0.2, 0) is 0 Å². The van der Waals surface area contributed by atoms with Crippen LogP contribution >= 0.6 is 11.5 Å². The second kappa shape index (κ2) is 5.64. The lowest BCUT2D eigenvalue weighted by molar-refractivity contribution is 0.103. The molecule has 2 heterocycles. The monoisotopic (exact) mass is 285 g/mol. The molecule has 1 aromatic heterocycles. The van der Waals surface area contributed by atoms with E-state index in [0.29, 0.717) is 11.4 Å². The van der Waals surface area contributed by atoms with Crippen LogP contribution in [0.1, 0.15) is 27.6 Å². The Bertz CT molecular complexity index is 648. The number of rotatable bonds is 3. The van der Waals surface area contributed by atoms with Gasteiger partial charge in [0.1, 0.15) is 5.01 Å². The Morgan fingerprint density at radius 3 is 2.85 bits per heavy atom. The molecule has 102 valence electrons. The molecule has 1 aliphatic heterocycles. The highest BCUT2D eigenvalue weighted by Crippen LogP contribution is 2.22. The van der Waals surface area contributed by atoms with E-state index >= 15 is 0 Å². The Morgan fingerprint density at radius 1 is 1.30 bits per heavy atom. The first-order valence-electron chi connectivity index (χ1n) is 6.55. The zero-order chi connectivity index (χ0) is 13.9. The van der Waals surface area contributed by atoms with Crippen LogP contribution < -0.4 is 0 Å². The van der Waals surface area contributed by atoms with Crippen molar-refractivity contribution in [2.75, 3.05) is 20.1 Å². The Hall–Kier alpha value is -1.85. The lowest BCUT2D eigenvalue weighted by atomic mass is 10.1. The minimum atomic E-state index is -0.113. The predicted octanol–water partition coefficient (Wildman–Crippen LogP) is 2.49. The van der Waals surface area contributed by atoms with Gasteiger partial charge in [-0.3, -0.25) is 4.79 Å². The highest BCUT2D eigenvalue weighted by atomic mass is 32.1. The number of hydrogen-bond acceptors (Lipinski definition) is 5. The molecular weight excluding hydrogens is 270 g/mol. The number of nitrogens with zero attached hydrogens (tertiary/aromatic N) is 3. The Kier molecular flexibility index (Phi) is 3.71. The molecule has 0 fully saturated rings. The van der Waals surface area contributed by atoms with E-state index in [9.17, 15) is 4.79 Å². The molecular formula is C15H15N3OS. The number of carbonyl (C=O) groups excluding carboxylic acids is 1. The number of carbonyl (C=O) groups is 1. The molecule has 3 rings (SSSR count). The van der Waals surface area contributed by atoms with Gasteiger partial charge in [0, 0.05) is 18.7 Å². The number of aromatic nitrogens is 2. The third-order valence-corrected chi connectivity index (χ3v) is 4.07. The van der Waals surface area contributed by atoms with Gasteiger partial charge in [-0.1, -0.05) is 36.4 Å². The minimum absolute atomic E-state index is 0.113. The summed E-state index contributed by atoms with van der Waals surface area (Å²) in [6.45, 7) is 1.94. The quantitative estimate of drug-likeness (QED) is 0.813. The molecule has 0 saturated carbocycles. The second-order valence-corrected chi connectivity index (χ2v) is 5.63. The summed E-state index contributed by atoms with van der Waals surface area (Å²) in [5.41, 5.74) is 1.80. The molecule has 0 aliphatic carbocycles. The number of likely N-dealkylation sites (N-methyl/N-ethyl adjacent to an activating group) is 1. The summed E-state index contributed by atoms with van der Waals surface area (Å²) in [5, 5.41) is 0.857. The molecule has 0 bridgehead atoms. The normalized spacial score (nSPS) is 15.9. The van der Waals surface area contributed by atoms with Crippen molar-refractivity contribution < 1.29 is 4.79 Å². The fourth-order valence-electron chi connectivity index (χ4n) is 2.21. The minimum Gasteiger partial charge on any atom is -0.302 e. The van der Waals surface area contributed by atoms with Gasteiger partial charge in [0.15, 0.2) is 0 Å². The molecule has 2 aromatic rings. The Morgan fingerprint density at radius 2 is 2.10 bits per heavy atom. The first-order valence-corrected chi connectivity index (χ1v) is 7.33. The summed E-state index contributed by atoms with van der Waals surface area (Å²) in [7, 11) is 2.09. The van der Waals surface area contributed by atoms with Gasteiger partial charge < -0.3 is 4.90 Å². The highest BCUT2D eigenvalue weighted by molar-refractivity contribution is 7.06. The fraction of sp³-hybridized carbons (Fsp3) is 0.267. The fourth-order valence-corrected chi connectivity index (χ4v) is 2.90. The third kappa shape index (κ3) is 2.69. The molecule has 1 aromatic carbocycles. The van der Waals surface area contributed by atoms with Crippen LogP contribution in [0, 0.1) is 0 Å². The first-order chi connectivity index (χ1) is 9.74. The van der Waals surface area contributed by atoms with E-state index in [1.54, 1.807) is 12.1 Å². The van der Waals surface area contributed by atoms with Crippen LogP contribution in [0.25, 0.3) is 5.57 Å². The van der Waals surface area contributed by atoms with E-state index in [4.69, 9.17) is 0 Å². The molecule has 0 saturated heterocycles. The molecule has 0 spiro atoms. The lowest BCUT2D eigenvalue weighted by Gasteiger charge is -2.21. The van der Waals surface area contributed by atoms with Gasteiger partial charge in [-0.15, -0.1) is 0 Å². The average Bonchev–Trinajstić information content (AvgIpc) is 2.97. The van der Waals surface area contributed by atoms with Crippen molar-refractivity contribution in [1.29, 1.82) is 0 Å². The van der Waals surface area contributed by atoms with Gasteiger partial charge in [0.05, 0.1) is 0 Å². The molecule has 4 nitrogen and oxygen atoms in total. The van der Waals surface area contributed by atoms with E-state index in [2.05, 4.69) is 27.4 Å². The maximum absolute atomic E-state index is 12.3. The molecule has 20 heavy (non-hydrogen) atoms. The molecule has 0 N–H and O–H groups in total. The summed E-state index contributed by atoms with van der Waals surface area (Å²) in [6.07, 6.45) is 3.21. The third-order valence-electron chi connectivity index (χ3n) is 3.28. The molecule has 0 atom stereocenters. The van der Waals surface area contributed by atoms with E-state index in [-0.39, 0.29) is 5.78 Å². The predicted molar refractivity (Wildman–Crippen MR) is 79.9 cm³/mol. The molecule has 0 radical (unpaired) electrons. The number of ketones is 1. The zero-order valence-corrected chi connectivity index (χ0v) is 12.1. The van der Waals surface area contributed by atoms with Crippen molar-refractivity contribution in [2.45, 2.75) is 6.42 Å². The molecule has 5 heteroatoms. The number of benzene rings is 1. The maximum atomic E-state index is 12.3. The summed E-state index contributed by atoms with van der Waals surface area (Å²) >= 11 is 1.30. The standard InChI is InChI=1S/C15H15N3OS/c1-18-9-5-8-12(10-18)15-16-14(17-20-15)13(19)11-6-3-2-4-7-11/h2-4,6-8H,5,9-10H2,1H3. The van der Waals surface area contributed by atoms with Crippen LogP contribution in [0.15, 0.2) is 36.4 Å². The van der Waals surface area contributed by atoms with Crippen molar-refractivity contribution in [2.24, 2.45) is 0 Å². The van der Waals surface area contributed by atoms with Gasteiger partial charge in [0.2, 0.25) is 11.6 Å². The van der Waals surface area contributed by atoms with Crippen molar-refractivity contribution in [1.82, 2.24) is 14.3 Å².